The highest BCUT2D eigenvalue weighted by Crippen LogP contribution is 2.14. The monoisotopic (exact) mass is 336 g/mol. The third kappa shape index (κ3) is 4.84. The Morgan fingerprint density at radius 3 is 2.44 bits per heavy atom. The largest absolute Gasteiger partial charge is 0.497 e. The Morgan fingerprint density at radius 1 is 1.08 bits per heavy atom. The van der Waals surface area contributed by atoms with Gasteiger partial charge in [-0.3, -0.25) is 0 Å². The smallest absolute Gasteiger partial charge is 0.319 e. The van der Waals surface area contributed by atoms with Crippen LogP contribution in [0, 0.1) is 0 Å². The molecule has 25 heavy (non-hydrogen) atoms. The zero-order valence-corrected chi connectivity index (χ0v) is 14.0. The van der Waals surface area contributed by atoms with Gasteiger partial charge in [0.15, 0.2) is 0 Å². The number of hydrogen-bond acceptors (Lipinski definition) is 3. The molecule has 0 spiro atoms. The highest BCUT2D eigenvalue weighted by molar-refractivity contribution is 5.89. The first-order valence-electron chi connectivity index (χ1n) is 7.95. The third-order valence-electron chi connectivity index (χ3n) is 3.75. The molecule has 0 radical (unpaired) electrons. The molecule has 0 aliphatic rings. The molecule has 0 saturated carbocycles. The van der Waals surface area contributed by atoms with E-state index in [0.29, 0.717) is 12.2 Å². The topological polar surface area (TPSA) is 68.2 Å². The lowest BCUT2D eigenvalue weighted by molar-refractivity contribution is 0.251. The highest BCUT2D eigenvalue weighted by Gasteiger charge is 2.02. The van der Waals surface area contributed by atoms with Crippen LogP contribution >= 0.6 is 0 Å². The second-order valence-corrected chi connectivity index (χ2v) is 5.59. The van der Waals surface area contributed by atoms with E-state index in [2.05, 4.69) is 27.8 Å². The van der Waals surface area contributed by atoms with Gasteiger partial charge in [0.05, 0.1) is 13.4 Å². The van der Waals surface area contributed by atoms with Gasteiger partial charge in [0.25, 0.3) is 0 Å². The van der Waals surface area contributed by atoms with Crippen molar-refractivity contribution in [1.82, 2.24) is 14.9 Å². The number of hydrogen-bond donors (Lipinski definition) is 2. The van der Waals surface area contributed by atoms with Gasteiger partial charge in [-0.25, -0.2) is 9.78 Å². The number of carbonyl (C=O) groups excluding carboxylic acids is 1. The van der Waals surface area contributed by atoms with E-state index in [-0.39, 0.29) is 6.03 Å². The van der Waals surface area contributed by atoms with Gasteiger partial charge in [0.2, 0.25) is 0 Å². The first kappa shape index (κ1) is 16.6. The summed E-state index contributed by atoms with van der Waals surface area (Å²) in [5.74, 6) is 0.752. The molecule has 2 N–H and O–H groups in total. The van der Waals surface area contributed by atoms with Gasteiger partial charge < -0.3 is 19.9 Å². The number of amides is 2. The summed E-state index contributed by atoms with van der Waals surface area (Å²) in [5, 5.41) is 5.63. The molecular weight excluding hydrogens is 316 g/mol. The number of imidazole rings is 1. The number of urea groups is 1. The van der Waals surface area contributed by atoms with Crippen LogP contribution < -0.4 is 15.4 Å². The fourth-order valence-corrected chi connectivity index (χ4v) is 2.39. The van der Waals surface area contributed by atoms with Gasteiger partial charge in [-0.15, -0.1) is 0 Å². The van der Waals surface area contributed by atoms with E-state index in [9.17, 15) is 4.79 Å². The molecule has 6 heteroatoms. The molecule has 3 aromatic rings. The van der Waals surface area contributed by atoms with E-state index in [1.54, 1.807) is 43.9 Å². The Morgan fingerprint density at radius 2 is 1.80 bits per heavy atom. The number of carbonyl (C=O) groups is 1. The van der Waals surface area contributed by atoms with E-state index in [4.69, 9.17) is 4.74 Å². The van der Waals surface area contributed by atoms with Gasteiger partial charge in [0, 0.05) is 31.2 Å². The Balaban J connectivity index is 1.48. The van der Waals surface area contributed by atoms with Gasteiger partial charge >= 0.3 is 6.03 Å². The van der Waals surface area contributed by atoms with E-state index >= 15 is 0 Å². The maximum Gasteiger partial charge on any atom is 0.319 e. The van der Waals surface area contributed by atoms with Crippen LogP contribution in [0.4, 0.5) is 10.5 Å². The Labute approximate surface area is 146 Å². The van der Waals surface area contributed by atoms with Crippen molar-refractivity contribution in [2.75, 3.05) is 12.4 Å². The summed E-state index contributed by atoms with van der Waals surface area (Å²) in [6.45, 7) is 1.25. The number of anilines is 1. The van der Waals surface area contributed by atoms with Crippen LogP contribution in [-0.4, -0.2) is 22.7 Å². The quantitative estimate of drug-likeness (QED) is 0.726. The highest BCUT2D eigenvalue weighted by atomic mass is 16.5. The SMILES string of the molecule is COc1ccc(NC(=O)NCc2ccc(Cn3ccnc3)cc2)cc1. The van der Waals surface area contributed by atoms with E-state index < -0.39 is 0 Å². The molecule has 6 nitrogen and oxygen atoms in total. The molecule has 0 unspecified atom stereocenters. The fourth-order valence-electron chi connectivity index (χ4n) is 2.39. The van der Waals surface area contributed by atoms with Crippen LogP contribution in [0.1, 0.15) is 11.1 Å². The van der Waals surface area contributed by atoms with Crippen molar-refractivity contribution in [3.8, 4) is 5.75 Å². The lowest BCUT2D eigenvalue weighted by Gasteiger charge is -2.09. The molecule has 0 aliphatic carbocycles. The average molecular weight is 336 g/mol. The number of methoxy groups -OCH3 is 1. The number of ether oxygens (including phenoxy) is 1. The number of aromatic nitrogens is 2. The fraction of sp³-hybridized carbons (Fsp3) is 0.158. The van der Waals surface area contributed by atoms with Gasteiger partial charge in [0.1, 0.15) is 5.75 Å². The van der Waals surface area contributed by atoms with Crippen molar-refractivity contribution in [1.29, 1.82) is 0 Å². The zero-order chi connectivity index (χ0) is 17.5. The molecule has 1 aromatic heterocycles. The Bertz CT molecular complexity index is 796. The summed E-state index contributed by atoms with van der Waals surface area (Å²) in [7, 11) is 1.61. The number of nitrogens with zero attached hydrogens (tertiary/aromatic N) is 2. The van der Waals surface area contributed by atoms with Crippen molar-refractivity contribution >= 4 is 11.7 Å². The van der Waals surface area contributed by atoms with Crippen LogP contribution in [0.5, 0.6) is 5.75 Å². The average Bonchev–Trinajstić information content (AvgIpc) is 3.15. The minimum Gasteiger partial charge on any atom is -0.497 e. The molecule has 0 fully saturated rings. The molecule has 0 bridgehead atoms. The third-order valence-corrected chi connectivity index (χ3v) is 3.75. The summed E-state index contributed by atoms with van der Waals surface area (Å²) in [6, 6.07) is 15.1. The van der Waals surface area contributed by atoms with E-state index in [1.165, 1.54) is 5.56 Å². The molecule has 2 amide bonds. The van der Waals surface area contributed by atoms with Crippen LogP contribution in [0.2, 0.25) is 0 Å². The molecule has 2 aromatic carbocycles. The molecular formula is C19H20N4O2. The van der Waals surface area contributed by atoms with Crippen molar-refractivity contribution < 1.29 is 9.53 Å². The van der Waals surface area contributed by atoms with E-state index in [0.717, 1.165) is 17.9 Å². The Hall–Kier alpha value is -3.28. The van der Waals surface area contributed by atoms with Crippen LogP contribution in [0.25, 0.3) is 0 Å². The number of nitrogens with one attached hydrogen (secondary N) is 2. The van der Waals surface area contributed by atoms with Crippen LogP contribution in [-0.2, 0) is 13.1 Å². The molecule has 0 aliphatic heterocycles. The number of benzene rings is 2. The summed E-state index contributed by atoms with van der Waals surface area (Å²) in [6.07, 6.45) is 5.48. The molecule has 1 heterocycles. The minimum atomic E-state index is -0.243. The minimum absolute atomic E-state index is 0.243. The van der Waals surface area contributed by atoms with Crippen LogP contribution in [0.15, 0.2) is 67.3 Å². The predicted octanol–water partition coefficient (Wildman–Crippen LogP) is 3.26. The summed E-state index contributed by atoms with van der Waals surface area (Å²) < 4.78 is 7.10. The standard InChI is InChI=1S/C19H20N4O2/c1-25-18-8-6-17(7-9-18)22-19(24)21-12-15-2-4-16(5-3-15)13-23-11-10-20-14-23/h2-11,14H,12-13H2,1H3,(H2,21,22,24). The van der Waals surface area contributed by atoms with Crippen molar-refractivity contribution in [2.24, 2.45) is 0 Å². The van der Waals surface area contributed by atoms with Gasteiger partial charge in [-0.2, -0.15) is 0 Å². The zero-order valence-electron chi connectivity index (χ0n) is 14.0. The van der Waals surface area contributed by atoms with Gasteiger partial charge in [-0.05, 0) is 35.4 Å². The normalized spacial score (nSPS) is 10.3. The molecule has 0 saturated heterocycles. The number of rotatable bonds is 6. The molecule has 128 valence electrons. The van der Waals surface area contributed by atoms with E-state index in [1.807, 2.05) is 22.9 Å². The van der Waals surface area contributed by atoms with Crippen molar-refractivity contribution in [3.63, 3.8) is 0 Å². The summed E-state index contributed by atoms with van der Waals surface area (Å²) >= 11 is 0. The lowest BCUT2D eigenvalue weighted by Crippen LogP contribution is -2.28. The maximum absolute atomic E-state index is 12.0. The first-order valence-corrected chi connectivity index (χ1v) is 7.95. The van der Waals surface area contributed by atoms with Crippen molar-refractivity contribution in [2.45, 2.75) is 13.1 Å². The summed E-state index contributed by atoms with van der Waals surface area (Å²) in [5.41, 5.74) is 2.94. The second kappa shape index (κ2) is 8.01. The summed E-state index contributed by atoms with van der Waals surface area (Å²) in [4.78, 5) is 16.0. The lowest BCUT2D eigenvalue weighted by atomic mass is 10.1. The maximum atomic E-state index is 12.0. The predicted molar refractivity (Wildman–Crippen MR) is 96.6 cm³/mol. The molecule has 0 atom stereocenters. The van der Waals surface area contributed by atoms with Gasteiger partial charge in [-0.1, -0.05) is 24.3 Å². The second-order valence-electron chi connectivity index (χ2n) is 5.59. The molecule has 3 rings (SSSR count). The Kier molecular flexibility index (Phi) is 5.31. The van der Waals surface area contributed by atoms with Crippen LogP contribution in [0.3, 0.4) is 0 Å². The first-order chi connectivity index (χ1) is 12.2. The van der Waals surface area contributed by atoms with Crippen molar-refractivity contribution in [3.05, 3.63) is 78.4 Å².